The fraction of sp³-hybridized carbons (Fsp3) is 0.550. The van der Waals surface area contributed by atoms with Crippen molar-refractivity contribution >= 4 is 27.5 Å². The van der Waals surface area contributed by atoms with Crippen molar-refractivity contribution in [3.63, 3.8) is 0 Å². The van der Waals surface area contributed by atoms with Crippen LogP contribution in [0.2, 0.25) is 0 Å². The van der Waals surface area contributed by atoms with Crippen LogP contribution in [0.15, 0.2) is 40.6 Å². The Morgan fingerprint density at radius 2 is 1.93 bits per heavy atom. The third kappa shape index (κ3) is 3.43. The number of fused-ring (bicyclic) bond motifs is 2. The van der Waals surface area contributed by atoms with Crippen LogP contribution < -0.4 is 9.64 Å². The van der Waals surface area contributed by atoms with E-state index in [9.17, 15) is 8.42 Å². The second kappa shape index (κ2) is 7.21. The lowest BCUT2D eigenvalue weighted by Gasteiger charge is -2.28. The second-order valence-electron chi connectivity index (χ2n) is 8.27. The molecular formula is C20H26N4O3S2. The van der Waals surface area contributed by atoms with Gasteiger partial charge in [0, 0.05) is 44.8 Å². The molecule has 29 heavy (non-hydrogen) atoms. The molecule has 3 aliphatic rings. The van der Waals surface area contributed by atoms with Gasteiger partial charge in [0.05, 0.1) is 17.1 Å². The molecule has 3 atom stereocenters. The van der Waals surface area contributed by atoms with Crippen LogP contribution in [0.4, 0.5) is 5.69 Å². The highest BCUT2D eigenvalue weighted by Gasteiger charge is 2.45. The quantitative estimate of drug-likeness (QED) is 0.736. The first-order valence-electron chi connectivity index (χ1n) is 10.0. The standard InChI is InChI=1S/C20H26N4O3S2/c1-22-7-8-27-19-4-3-17(11-18(19)22)29(25,26)24-12-14-9-16(10-15(14)13-24)28-20-21-5-6-23(20)2/h3-6,11,14-16H,7-10,12-13H2,1-2H3/t14-,15+,16?. The van der Waals surface area contributed by atoms with Crippen LogP contribution >= 0.6 is 11.8 Å². The van der Waals surface area contributed by atoms with E-state index in [1.54, 1.807) is 22.5 Å². The van der Waals surface area contributed by atoms with E-state index in [0.717, 1.165) is 36.0 Å². The van der Waals surface area contributed by atoms with Gasteiger partial charge in [-0.1, -0.05) is 11.8 Å². The van der Waals surface area contributed by atoms with E-state index < -0.39 is 10.0 Å². The van der Waals surface area contributed by atoms with Crippen molar-refractivity contribution in [2.75, 3.05) is 38.2 Å². The van der Waals surface area contributed by atoms with Gasteiger partial charge < -0.3 is 14.2 Å². The number of hydrogen-bond donors (Lipinski definition) is 0. The topological polar surface area (TPSA) is 67.7 Å². The number of imidazole rings is 1. The lowest BCUT2D eigenvalue weighted by Crippen LogP contribution is -2.32. The van der Waals surface area contributed by atoms with Crippen LogP contribution in [0.3, 0.4) is 0 Å². The van der Waals surface area contributed by atoms with Crippen molar-refractivity contribution in [3.8, 4) is 5.75 Å². The maximum absolute atomic E-state index is 13.3. The first-order valence-corrected chi connectivity index (χ1v) is 12.4. The summed E-state index contributed by atoms with van der Waals surface area (Å²) in [6.07, 6.45) is 5.89. The largest absolute Gasteiger partial charge is 0.490 e. The predicted molar refractivity (Wildman–Crippen MR) is 113 cm³/mol. The van der Waals surface area contributed by atoms with Crippen LogP contribution in [0.25, 0.3) is 0 Å². The molecule has 1 unspecified atom stereocenters. The SMILES string of the molecule is CN1CCOc2ccc(S(=O)(=O)N3C[C@H]4CC(Sc5nccn5C)C[C@H]4C3)cc21. The van der Waals surface area contributed by atoms with Crippen molar-refractivity contribution in [2.45, 2.75) is 28.1 Å². The lowest BCUT2D eigenvalue weighted by molar-refractivity contribution is 0.311. The number of ether oxygens (including phenoxy) is 1. The molecule has 0 bridgehead atoms. The van der Waals surface area contributed by atoms with Crippen molar-refractivity contribution in [1.82, 2.24) is 13.9 Å². The van der Waals surface area contributed by atoms with Crippen molar-refractivity contribution in [3.05, 3.63) is 30.6 Å². The van der Waals surface area contributed by atoms with E-state index >= 15 is 0 Å². The summed E-state index contributed by atoms with van der Waals surface area (Å²) in [5, 5.41) is 1.56. The number of thioether (sulfide) groups is 1. The molecule has 0 N–H and O–H groups in total. The number of hydrogen-bond acceptors (Lipinski definition) is 6. The molecular weight excluding hydrogens is 408 g/mol. The Morgan fingerprint density at radius 1 is 1.17 bits per heavy atom. The van der Waals surface area contributed by atoms with Gasteiger partial charge in [-0.05, 0) is 42.9 Å². The van der Waals surface area contributed by atoms with E-state index in [4.69, 9.17) is 4.74 Å². The number of rotatable bonds is 4. The van der Waals surface area contributed by atoms with E-state index in [-0.39, 0.29) is 0 Å². The third-order valence-corrected chi connectivity index (χ3v) is 9.54. The van der Waals surface area contributed by atoms with Crippen molar-refractivity contribution in [2.24, 2.45) is 18.9 Å². The molecule has 2 fully saturated rings. The second-order valence-corrected chi connectivity index (χ2v) is 11.5. The van der Waals surface area contributed by atoms with E-state index in [0.29, 0.717) is 41.7 Å². The molecule has 0 amide bonds. The van der Waals surface area contributed by atoms with E-state index in [2.05, 4.69) is 9.88 Å². The van der Waals surface area contributed by atoms with Crippen molar-refractivity contribution in [1.29, 1.82) is 0 Å². The van der Waals surface area contributed by atoms with Crippen LogP contribution in [-0.2, 0) is 17.1 Å². The molecule has 0 radical (unpaired) electrons. The van der Waals surface area contributed by atoms with E-state index in [1.807, 2.05) is 42.8 Å². The summed E-state index contributed by atoms with van der Waals surface area (Å²) in [6.45, 7) is 2.63. The highest BCUT2D eigenvalue weighted by molar-refractivity contribution is 7.99. The summed E-state index contributed by atoms with van der Waals surface area (Å²) in [6, 6.07) is 5.23. The molecule has 3 heterocycles. The van der Waals surface area contributed by atoms with Crippen LogP contribution in [0.1, 0.15) is 12.8 Å². The van der Waals surface area contributed by atoms with Crippen LogP contribution in [-0.4, -0.2) is 60.8 Å². The van der Waals surface area contributed by atoms with E-state index in [1.165, 1.54) is 0 Å². The third-order valence-electron chi connectivity index (χ3n) is 6.39. The molecule has 5 rings (SSSR count). The van der Waals surface area contributed by atoms with Gasteiger partial charge in [0.1, 0.15) is 12.4 Å². The maximum Gasteiger partial charge on any atom is 0.243 e. The molecule has 2 aromatic rings. The number of anilines is 1. The number of benzene rings is 1. The highest BCUT2D eigenvalue weighted by Crippen LogP contribution is 2.46. The fourth-order valence-electron chi connectivity index (χ4n) is 4.75. The molecule has 1 saturated heterocycles. The first kappa shape index (κ1) is 19.3. The van der Waals surface area contributed by atoms with Crippen molar-refractivity contribution < 1.29 is 13.2 Å². The van der Waals surface area contributed by atoms with Gasteiger partial charge in [0.15, 0.2) is 5.16 Å². The van der Waals surface area contributed by atoms with Gasteiger partial charge in [-0.3, -0.25) is 0 Å². The highest BCUT2D eigenvalue weighted by atomic mass is 32.2. The van der Waals surface area contributed by atoms with Gasteiger partial charge in [0.2, 0.25) is 10.0 Å². The number of sulfonamides is 1. The number of aryl methyl sites for hydroxylation is 1. The molecule has 1 saturated carbocycles. The fourth-order valence-corrected chi connectivity index (χ4v) is 7.66. The Hall–Kier alpha value is -1.71. The Kier molecular flexibility index (Phi) is 4.79. The van der Waals surface area contributed by atoms with Gasteiger partial charge in [-0.25, -0.2) is 13.4 Å². The first-order chi connectivity index (χ1) is 13.9. The minimum atomic E-state index is -3.48. The summed E-state index contributed by atoms with van der Waals surface area (Å²) in [7, 11) is 0.500. The molecule has 1 aliphatic carbocycles. The molecule has 7 nitrogen and oxygen atoms in total. The lowest BCUT2D eigenvalue weighted by atomic mass is 10.0. The van der Waals surface area contributed by atoms with Gasteiger partial charge in [0.25, 0.3) is 0 Å². The Balaban J connectivity index is 1.29. The summed E-state index contributed by atoms with van der Waals surface area (Å²) in [4.78, 5) is 6.83. The Bertz CT molecular complexity index is 1010. The van der Waals surface area contributed by atoms with Gasteiger partial charge >= 0.3 is 0 Å². The summed E-state index contributed by atoms with van der Waals surface area (Å²) >= 11 is 1.83. The molecule has 1 aromatic carbocycles. The number of aromatic nitrogens is 2. The molecule has 156 valence electrons. The summed E-state index contributed by atoms with van der Waals surface area (Å²) < 4.78 is 36.0. The zero-order chi connectivity index (χ0) is 20.2. The Labute approximate surface area is 176 Å². The smallest absolute Gasteiger partial charge is 0.243 e. The molecule has 2 aliphatic heterocycles. The average molecular weight is 435 g/mol. The normalized spacial score (nSPS) is 27.0. The average Bonchev–Trinajstić information content (AvgIpc) is 3.38. The zero-order valence-electron chi connectivity index (χ0n) is 16.7. The minimum absolute atomic E-state index is 0.368. The number of nitrogens with zero attached hydrogens (tertiary/aromatic N) is 4. The number of likely N-dealkylation sites (N-methyl/N-ethyl adjacent to an activating group) is 1. The summed E-state index contributed by atoms with van der Waals surface area (Å²) in [5.74, 6) is 1.63. The summed E-state index contributed by atoms with van der Waals surface area (Å²) in [5.41, 5.74) is 0.850. The zero-order valence-corrected chi connectivity index (χ0v) is 18.3. The minimum Gasteiger partial charge on any atom is -0.490 e. The molecule has 9 heteroatoms. The predicted octanol–water partition coefficient (Wildman–Crippen LogP) is 2.44. The molecule has 0 spiro atoms. The molecule has 1 aromatic heterocycles. The Morgan fingerprint density at radius 3 is 2.62 bits per heavy atom. The maximum atomic E-state index is 13.3. The van der Waals surface area contributed by atoms with Crippen LogP contribution in [0, 0.1) is 11.8 Å². The van der Waals surface area contributed by atoms with Gasteiger partial charge in [-0.15, -0.1) is 0 Å². The van der Waals surface area contributed by atoms with Crippen LogP contribution in [0.5, 0.6) is 5.75 Å². The van der Waals surface area contributed by atoms with Gasteiger partial charge in [-0.2, -0.15) is 4.31 Å². The monoisotopic (exact) mass is 434 g/mol.